The molecule has 4 nitrogen and oxygen atoms in total. The largest absolute Gasteiger partial charge is 0.465 e. The number of ether oxygens (including phenoxy) is 1. The molecule has 0 bridgehead atoms. The van der Waals surface area contributed by atoms with Gasteiger partial charge in [-0.1, -0.05) is 6.07 Å². The summed E-state index contributed by atoms with van der Waals surface area (Å²) in [5, 5.41) is -0.170. The monoisotopic (exact) mass is 332 g/mol. The molecule has 0 spiro atoms. The molecule has 1 fully saturated rings. The average molecular weight is 333 g/mol. The van der Waals surface area contributed by atoms with E-state index in [1.54, 1.807) is 18.2 Å². The quantitative estimate of drug-likeness (QED) is 0.794. The molecule has 1 aromatic rings. The van der Waals surface area contributed by atoms with Crippen LogP contribution in [0.15, 0.2) is 22.7 Å². The molecule has 2 rings (SSSR count). The highest BCUT2D eigenvalue weighted by atomic mass is 79.9. The van der Waals surface area contributed by atoms with Crippen LogP contribution in [-0.4, -0.2) is 26.7 Å². The Kier molecular flexibility index (Phi) is 3.77. The van der Waals surface area contributed by atoms with Crippen LogP contribution in [0.4, 0.5) is 0 Å². The van der Waals surface area contributed by atoms with Gasteiger partial charge in [-0.05, 0) is 46.5 Å². The summed E-state index contributed by atoms with van der Waals surface area (Å²) in [6, 6.07) is 4.89. The van der Waals surface area contributed by atoms with Crippen molar-refractivity contribution in [2.75, 3.05) is 7.11 Å². The number of methoxy groups -OCH3 is 1. The molecule has 0 aliphatic heterocycles. The predicted molar refractivity (Wildman–Crippen MR) is 71.1 cm³/mol. The lowest BCUT2D eigenvalue weighted by atomic mass is 10.1. The maximum atomic E-state index is 11.8. The molecule has 18 heavy (non-hydrogen) atoms. The van der Waals surface area contributed by atoms with Gasteiger partial charge in [-0.25, -0.2) is 13.2 Å². The van der Waals surface area contributed by atoms with Gasteiger partial charge in [0.2, 0.25) is 0 Å². The van der Waals surface area contributed by atoms with Gasteiger partial charge in [-0.15, -0.1) is 0 Å². The molecule has 1 aliphatic carbocycles. The Bertz CT molecular complexity index is 576. The minimum absolute atomic E-state index is 0.0255. The first-order chi connectivity index (χ1) is 8.44. The summed E-state index contributed by atoms with van der Waals surface area (Å²) < 4.78 is 28.9. The van der Waals surface area contributed by atoms with Gasteiger partial charge in [0.15, 0.2) is 9.84 Å². The highest BCUT2D eigenvalue weighted by Gasteiger charge is 2.35. The Balaban J connectivity index is 2.21. The Morgan fingerprint density at radius 3 is 2.61 bits per heavy atom. The van der Waals surface area contributed by atoms with Crippen molar-refractivity contribution in [3.63, 3.8) is 0 Å². The van der Waals surface area contributed by atoms with Gasteiger partial charge < -0.3 is 4.74 Å². The fourth-order valence-corrected chi connectivity index (χ4v) is 4.02. The SMILES string of the molecule is COC(=O)c1ccc(CS(=O)(=O)C2CC2)cc1Br. The smallest absolute Gasteiger partial charge is 0.338 e. The number of carbonyl (C=O) groups excluding carboxylic acids is 1. The summed E-state index contributed by atoms with van der Waals surface area (Å²) >= 11 is 3.25. The van der Waals surface area contributed by atoms with Crippen LogP contribution in [0.3, 0.4) is 0 Å². The third kappa shape index (κ3) is 2.92. The van der Waals surface area contributed by atoms with Gasteiger partial charge in [-0.3, -0.25) is 0 Å². The highest BCUT2D eigenvalue weighted by Crippen LogP contribution is 2.31. The third-order valence-electron chi connectivity index (χ3n) is 2.84. The lowest BCUT2D eigenvalue weighted by molar-refractivity contribution is 0.0599. The van der Waals surface area contributed by atoms with Gasteiger partial charge in [0.1, 0.15) is 0 Å². The molecule has 0 aromatic heterocycles. The first-order valence-corrected chi connectivity index (χ1v) is 8.03. The number of rotatable bonds is 4. The molecule has 1 saturated carbocycles. The first kappa shape index (κ1) is 13.5. The van der Waals surface area contributed by atoms with Crippen LogP contribution in [-0.2, 0) is 20.3 Å². The number of benzene rings is 1. The fraction of sp³-hybridized carbons (Fsp3) is 0.417. The van der Waals surface area contributed by atoms with Gasteiger partial charge in [0, 0.05) is 4.47 Å². The number of esters is 1. The summed E-state index contributed by atoms with van der Waals surface area (Å²) in [4.78, 5) is 11.4. The molecule has 0 saturated heterocycles. The van der Waals surface area contributed by atoms with E-state index < -0.39 is 15.8 Å². The van der Waals surface area contributed by atoms with Crippen molar-refractivity contribution < 1.29 is 17.9 Å². The van der Waals surface area contributed by atoms with Crippen LogP contribution >= 0.6 is 15.9 Å². The average Bonchev–Trinajstić information content (AvgIpc) is 3.11. The van der Waals surface area contributed by atoms with Crippen LogP contribution in [0.1, 0.15) is 28.8 Å². The lowest BCUT2D eigenvalue weighted by Gasteiger charge is -2.06. The van der Waals surface area contributed by atoms with E-state index in [0.29, 0.717) is 15.6 Å². The Labute approximate surface area is 114 Å². The van der Waals surface area contributed by atoms with E-state index in [-0.39, 0.29) is 11.0 Å². The van der Waals surface area contributed by atoms with Gasteiger partial charge >= 0.3 is 5.97 Å². The van der Waals surface area contributed by atoms with Gasteiger partial charge in [-0.2, -0.15) is 0 Å². The molecule has 0 atom stereocenters. The molecule has 0 N–H and O–H groups in total. The third-order valence-corrected chi connectivity index (χ3v) is 5.72. The highest BCUT2D eigenvalue weighted by molar-refractivity contribution is 9.10. The second-order valence-corrected chi connectivity index (χ2v) is 7.45. The standard InChI is InChI=1S/C12H13BrO4S/c1-17-12(14)10-5-2-8(6-11(10)13)7-18(15,16)9-3-4-9/h2,5-6,9H,3-4,7H2,1H3. The lowest BCUT2D eigenvalue weighted by Crippen LogP contribution is -2.10. The maximum Gasteiger partial charge on any atom is 0.338 e. The first-order valence-electron chi connectivity index (χ1n) is 5.52. The van der Waals surface area contributed by atoms with Crippen molar-refractivity contribution in [1.29, 1.82) is 0 Å². The minimum Gasteiger partial charge on any atom is -0.465 e. The van der Waals surface area contributed by atoms with Crippen molar-refractivity contribution in [2.45, 2.75) is 23.8 Å². The summed E-state index contributed by atoms with van der Waals surface area (Å²) in [6.07, 6.45) is 1.54. The molecular weight excluding hydrogens is 320 g/mol. The Hall–Kier alpha value is -0.880. The molecule has 6 heteroatoms. The number of carbonyl (C=O) groups is 1. The molecule has 0 heterocycles. The minimum atomic E-state index is -3.03. The van der Waals surface area contributed by atoms with Crippen molar-refractivity contribution >= 4 is 31.7 Å². The van der Waals surface area contributed by atoms with Crippen molar-refractivity contribution in [3.8, 4) is 0 Å². The van der Waals surface area contributed by atoms with Crippen LogP contribution in [0.5, 0.6) is 0 Å². The van der Waals surface area contributed by atoms with Gasteiger partial charge in [0.25, 0.3) is 0 Å². The number of hydrogen-bond donors (Lipinski definition) is 0. The molecule has 0 amide bonds. The summed E-state index contributed by atoms with van der Waals surface area (Å²) in [7, 11) is -1.73. The normalized spacial score (nSPS) is 15.4. The summed E-state index contributed by atoms with van der Waals surface area (Å²) in [5.41, 5.74) is 1.08. The van der Waals surface area contributed by atoms with E-state index in [1.165, 1.54) is 7.11 Å². The summed E-state index contributed by atoms with van der Waals surface area (Å²) in [6.45, 7) is 0. The molecule has 1 aromatic carbocycles. The maximum absolute atomic E-state index is 11.8. The number of sulfone groups is 1. The zero-order valence-electron chi connectivity index (χ0n) is 9.85. The van der Waals surface area contributed by atoms with Gasteiger partial charge in [0.05, 0.1) is 23.7 Å². The van der Waals surface area contributed by atoms with Crippen molar-refractivity contribution in [3.05, 3.63) is 33.8 Å². The van der Waals surface area contributed by atoms with Crippen LogP contribution in [0.25, 0.3) is 0 Å². The Morgan fingerprint density at radius 1 is 1.44 bits per heavy atom. The van der Waals surface area contributed by atoms with Crippen LogP contribution < -0.4 is 0 Å². The van der Waals surface area contributed by atoms with E-state index in [9.17, 15) is 13.2 Å². The topological polar surface area (TPSA) is 60.4 Å². The van der Waals surface area contributed by atoms with Crippen molar-refractivity contribution in [1.82, 2.24) is 0 Å². The number of hydrogen-bond acceptors (Lipinski definition) is 4. The fourth-order valence-electron chi connectivity index (χ4n) is 1.70. The number of halogens is 1. The molecule has 0 unspecified atom stereocenters. The molecule has 98 valence electrons. The Morgan fingerprint density at radius 2 is 2.11 bits per heavy atom. The zero-order valence-corrected chi connectivity index (χ0v) is 12.3. The van der Waals surface area contributed by atoms with Crippen LogP contribution in [0, 0.1) is 0 Å². The van der Waals surface area contributed by atoms with E-state index in [4.69, 9.17) is 0 Å². The molecular formula is C12H13BrO4S. The van der Waals surface area contributed by atoms with E-state index in [0.717, 1.165) is 12.8 Å². The zero-order chi connectivity index (χ0) is 13.3. The molecule has 0 radical (unpaired) electrons. The summed E-state index contributed by atoms with van der Waals surface area (Å²) in [5.74, 6) is -0.420. The molecule has 1 aliphatic rings. The predicted octanol–water partition coefficient (Wildman–Crippen LogP) is 2.31. The second-order valence-electron chi connectivity index (χ2n) is 4.31. The second kappa shape index (κ2) is 5.01. The van der Waals surface area contributed by atoms with E-state index in [2.05, 4.69) is 20.7 Å². The van der Waals surface area contributed by atoms with Crippen molar-refractivity contribution in [2.24, 2.45) is 0 Å². The van der Waals surface area contributed by atoms with E-state index in [1.807, 2.05) is 0 Å². The van der Waals surface area contributed by atoms with E-state index >= 15 is 0 Å². The van der Waals surface area contributed by atoms with Crippen LogP contribution in [0.2, 0.25) is 0 Å².